The lowest BCUT2D eigenvalue weighted by molar-refractivity contribution is -0.122. The highest BCUT2D eigenvalue weighted by molar-refractivity contribution is 6.32. The van der Waals surface area contributed by atoms with Crippen molar-refractivity contribution in [3.63, 3.8) is 0 Å². The van der Waals surface area contributed by atoms with Gasteiger partial charge in [0.2, 0.25) is 0 Å². The largest absolute Gasteiger partial charge is 0.479 e. The number of carbonyl (C=O) groups is 2. The third-order valence-corrected chi connectivity index (χ3v) is 4.63. The lowest BCUT2D eigenvalue weighted by Crippen LogP contribution is -2.32. The fourth-order valence-electron chi connectivity index (χ4n) is 2.89. The first kappa shape index (κ1) is 18.3. The van der Waals surface area contributed by atoms with E-state index in [1.165, 1.54) is 0 Å². The minimum atomic E-state index is -0.759. The summed E-state index contributed by atoms with van der Waals surface area (Å²) in [6, 6.07) is 14.0. The molecular formula is C20H21ClN2O3. The minimum absolute atomic E-state index is 0.0573. The predicted molar refractivity (Wildman–Crippen MR) is 102 cm³/mol. The summed E-state index contributed by atoms with van der Waals surface area (Å²) in [5.41, 5.74) is 0.983. The van der Waals surface area contributed by atoms with E-state index in [0.717, 1.165) is 25.9 Å². The quantitative estimate of drug-likeness (QED) is 0.863. The van der Waals surface area contributed by atoms with Crippen molar-refractivity contribution in [2.45, 2.75) is 25.9 Å². The molecule has 0 aromatic heterocycles. The topological polar surface area (TPSA) is 58.6 Å². The number of amides is 2. The second-order valence-electron chi connectivity index (χ2n) is 6.22. The number of nitrogens with zero attached hydrogens (tertiary/aromatic N) is 1. The minimum Gasteiger partial charge on any atom is -0.479 e. The van der Waals surface area contributed by atoms with E-state index < -0.39 is 6.10 Å². The van der Waals surface area contributed by atoms with Gasteiger partial charge < -0.3 is 15.0 Å². The number of hydrogen-bond donors (Lipinski definition) is 1. The maximum absolute atomic E-state index is 12.7. The van der Waals surface area contributed by atoms with Crippen molar-refractivity contribution in [2.75, 3.05) is 18.4 Å². The van der Waals surface area contributed by atoms with Crippen molar-refractivity contribution in [2.24, 2.45) is 0 Å². The Bertz CT molecular complexity index is 803. The Morgan fingerprint density at radius 3 is 2.46 bits per heavy atom. The van der Waals surface area contributed by atoms with Gasteiger partial charge in [-0.05, 0) is 44.0 Å². The number of ether oxygens (including phenoxy) is 1. The zero-order chi connectivity index (χ0) is 18.5. The molecule has 1 fully saturated rings. The molecule has 136 valence electrons. The van der Waals surface area contributed by atoms with Crippen LogP contribution in [0.15, 0.2) is 48.5 Å². The van der Waals surface area contributed by atoms with E-state index in [0.29, 0.717) is 22.0 Å². The Labute approximate surface area is 157 Å². The van der Waals surface area contributed by atoms with Crippen LogP contribution in [0.3, 0.4) is 0 Å². The first-order chi connectivity index (χ1) is 12.6. The van der Waals surface area contributed by atoms with E-state index in [4.69, 9.17) is 16.3 Å². The summed E-state index contributed by atoms with van der Waals surface area (Å²) in [6.45, 7) is 3.16. The second kappa shape index (κ2) is 8.23. The van der Waals surface area contributed by atoms with Crippen LogP contribution in [-0.2, 0) is 4.79 Å². The molecule has 5 nitrogen and oxygen atoms in total. The molecular weight excluding hydrogens is 352 g/mol. The van der Waals surface area contributed by atoms with E-state index in [9.17, 15) is 9.59 Å². The molecule has 2 aromatic rings. The molecule has 0 radical (unpaired) electrons. The molecule has 0 bridgehead atoms. The number of benzene rings is 2. The van der Waals surface area contributed by atoms with E-state index in [1.807, 2.05) is 4.90 Å². The smallest absolute Gasteiger partial charge is 0.265 e. The van der Waals surface area contributed by atoms with E-state index in [1.54, 1.807) is 55.5 Å². The highest BCUT2D eigenvalue weighted by Gasteiger charge is 2.23. The van der Waals surface area contributed by atoms with E-state index in [-0.39, 0.29) is 11.8 Å². The number of halogens is 1. The van der Waals surface area contributed by atoms with Crippen LogP contribution in [0.5, 0.6) is 5.75 Å². The average molecular weight is 373 g/mol. The van der Waals surface area contributed by atoms with Crippen molar-refractivity contribution >= 4 is 29.1 Å². The molecule has 1 aliphatic heterocycles. The van der Waals surface area contributed by atoms with Gasteiger partial charge in [-0.3, -0.25) is 9.59 Å². The van der Waals surface area contributed by atoms with Crippen molar-refractivity contribution in [3.8, 4) is 5.75 Å². The molecule has 26 heavy (non-hydrogen) atoms. The van der Waals surface area contributed by atoms with Gasteiger partial charge >= 0.3 is 0 Å². The molecule has 1 aliphatic rings. The molecule has 0 saturated carbocycles. The highest BCUT2D eigenvalue weighted by Crippen LogP contribution is 2.25. The third-order valence-electron chi connectivity index (χ3n) is 4.32. The van der Waals surface area contributed by atoms with Crippen LogP contribution in [0.1, 0.15) is 30.1 Å². The normalized spacial score (nSPS) is 14.8. The third kappa shape index (κ3) is 4.17. The SMILES string of the molecule is C[C@H](Oc1ccccc1Cl)C(=O)Nc1ccccc1C(=O)N1CCCC1. The highest BCUT2D eigenvalue weighted by atomic mass is 35.5. The van der Waals surface area contributed by atoms with Gasteiger partial charge in [0, 0.05) is 13.1 Å². The standard InChI is InChI=1S/C20H21ClN2O3/c1-14(26-18-11-5-3-9-16(18)21)19(24)22-17-10-4-2-8-15(17)20(25)23-12-6-7-13-23/h2-5,8-11,14H,6-7,12-13H2,1H3,(H,22,24)/t14-/m0/s1. The van der Waals surface area contributed by atoms with Gasteiger partial charge in [0.1, 0.15) is 5.75 Å². The van der Waals surface area contributed by atoms with Gasteiger partial charge in [0.25, 0.3) is 11.8 Å². The van der Waals surface area contributed by atoms with Crippen molar-refractivity contribution in [1.29, 1.82) is 0 Å². The van der Waals surface area contributed by atoms with Crippen LogP contribution in [0, 0.1) is 0 Å². The number of nitrogens with one attached hydrogen (secondary N) is 1. The summed E-state index contributed by atoms with van der Waals surface area (Å²) in [5, 5.41) is 3.24. The maximum atomic E-state index is 12.7. The molecule has 6 heteroatoms. The van der Waals surface area contributed by atoms with Crippen molar-refractivity contribution < 1.29 is 14.3 Å². The zero-order valence-corrected chi connectivity index (χ0v) is 15.3. The number of hydrogen-bond acceptors (Lipinski definition) is 3. The molecule has 0 aliphatic carbocycles. The van der Waals surface area contributed by atoms with Gasteiger partial charge in [-0.25, -0.2) is 0 Å². The molecule has 0 spiro atoms. The summed E-state index contributed by atoms with van der Waals surface area (Å²) in [4.78, 5) is 27.0. The number of anilines is 1. The van der Waals surface area contributed by atoms with Crippen molar-refractivity contribution in [1.82, 2.24) is 4.90 Å². The molecule has 2 amide bonds. The number of para-hydroxylation sites is 2. The zero-order valence-electron chi connectivity index (χ0n) is 14.6. The maximum Gasteiger partial charge on any atom is 0.265 e. The van der Waals surface area contributed by atoms with Crippen molar-refractivity contribution in [3.05, 3.63) is 59.1 Å². The van der Waals surface area contributed by atoms with Gasteiger partial charge in [0.15, 0.2) is 6.10 Å². The molecule has 1 heterocycles. The van der Waals surface area contributed by atoms with E-state index in [2.05, 4.69) is 5.32 Å². The molecule has 2 aromatic carbocycles. The fraction of sp³-hybridized carbons (Fsp3) is 0.300. The lowest BCUT2D eigenvalue weighted by atomic mass is 10.1. The molecule has 1 N–H and O–H groups in total. The molecule has 3 rings (SSSR count). The number of carbonyl (C=O) groups excluding carboxylic acids is 2. The summed E-state index contributed by atoms with van der Waals surface area (Å²) >= 11 is 6.07. The Kier molecular flexibility index (Phi) is 5.78. The lowest BCUT2D eigenvalue weighted by Gasteiger charge is -2.19. The predicted octanol–water partition coefficient (Wildman–Crippen LogP) is 3.98. The van der Waals surface area contributed by atoms with Crippen LogP contribution in [0.25, 0.3) is 0 Å². The monoisotopic (exact) mass is 372 g/mol. The van der Waals surface area contributed by atoms with Crippen LogP contribution in [0.4, 0.5) is 5.69 Å². The second-order valence-corrected chi connectivity index (χ2v) is 6.63. The number of likely N-dealkylation sites (tertiary alicyclic amines) is 1. The van der Waals surface area contributed by atoms with Gasteiger partial charge in [-0.15, -0.1) is 0 Å². The first-order valence-corrected chi connectivity index (χ1v) is 9.04. The van der Waals surface area contributed by atoms with Crippen LogP contribution < -0.4 is 10.1 Å². The molecule has 1 atom stereocenters. The summed E-state index contributed by atoms with van der Waals surface area (Å²) in [6.07, 6.45) is 1.27. The van der Waals surface area contributed by atoms with Crippen LogP contribution in [0.2, 0.25) is 5.02 Å². The van der Waals surface area contributed by atoms with Gasteiger partial charge in [-0.1, -0.05) is 35.9 Å². The first-order valence-electron chi connectivity index (χ1n) is 8.66. The van der Waals surface area contributed by atoms with Gasteiger partial charge in [0.05, 0.1) is 16.3 Å². The Morgan fingerprint density at radius 2 is 1.73 bits per heavy atom. The van der Waals surface area contributed by atoms with Crippen LogP contribution in [-0.4, -0.2) is 35.9 Å². The average Bonchev–Trinajstić information content (AvgIpc) is 3.18. The van der Waals surface area contributed by atoms with E-state index >= 15 is 0 Å². The molecule has 1 saturated heterocycles. The summed E-state index contributed by atoms with van der Waals surface area (Å²) in [7, 11) is 0. The Balaban J connectivity index is 1.71. The molecule has 0 unspecified atom stereocenters. The Morgan fingerprint density at radius 1 is 1.08 bits per heavy atom. The summed E-state index contributed by atoms with van der Waals surface area (Å²) < 4.78 is 5.64. The fourth-order valence-corrected chi connectivity index (χ4v) is 3.07. The van der Waals surface area contributed by atoms with Gasteiger partial charge in [-0.2, -0.15) is 0 Å². The Hall–Kier alpha value is -2.53. The van der Waals surface area contributed by atoms with Crippen LogP contribution >= 0.6 is 11.6 Å². The summed E-state index contributed by atoms with van der Waals surface area (Å²) in [5.74, 6) is 0.0444. The number of rotatable bonds is 5.